The average Bonchev–Trinajstić information content (AvgIpc) is 2.72. The molecule has 2 nitrogen and oxygen atoms in total. The van der Waals surface area contributed by atoms with Gasteiger partial charge in [-0.05, 0) is 40.3 Å². The summed E-state index contributed by atoms with van der Waals surface area (Å²) in [7, 11) is 0. The molecule has 2 rings (SSSR count). The van der Waals surface area contributed by atoms with Gasteiger partial charge in [-0.2, -0.15) is 11.8 Å². The Balaban J connectivity index is 1.59. The van der Waals surface area contributed by atoms with E-state index in [1.807, 2.05) is 0 Å². The fourth-order valence-electron chi connectivity index (χ4n) is 1.73. The number of thioether (sulfide) groups is 1. The molecule has 1 unspecified atom stereocenters. The highest BCUT2D eigenvalue weighted by molar-refractivity contribution is 9.10. The molecular formula is C11H17BrN2S2. The van der Waals surface area contributed by atoms with Gasteiger partial charge in [0.2, 0.25) is 0 Å². The second-order valence-corrected chi connectivity index (χ2v) is 6.89. The van der Waals surface area contributed by atoms with Crippen molar-refractivity contribution in [2.45, 2.75) is 19.0 Å². The number of halogens is 1. The molecule has 1 fully saturated rings. The molecule has 2 heterocycles. The van der Waals surface area contributed by atoms with Crippen LogP contribution in [-0.4, -0.2) is 30.6 Å². The second kappa shape index (κ2) is 7.01. The van der Waals surface area contributed by atoms with E-state index < -0.39 is 0 Å². The molecule has 0 spiro atoms. The van der Waals surface area contributed by atoms with Crippen LogP contribution in [0.1, 0.15) is 11.3 Å². The molecule has 1 aromatic rings. The highest BCUT2D eigenvalue weighted by Crippen LogP contribution is 2.22. The zero-order chi connectivity index (χ0) is 11.2. The first-order valence-corrected chi connectivity index (χ1v) is 8.42. The van der Waals surface area contributed by atoms with Gasteiger partial charge in [0.1, 0.15) is 0 Å². The van der Waals surface area contributed by atoms with E-state index in [1.54, 1.807) is 11.3 Å². The van der Waals surface area contributed by atoms with Crippen LogP contribution in [0.4, 0.5) is 0 Å². The molecule has 90 valence electrons. The van der Waals surface area contributed by atoms with E-state index in [1.165, 1.54) is 33.8 Å². The molecule has 0 amide bonds. The molecular weight excluding hydrogens is 304 g/mol. The fraction of sp³-hybridized carbons (Fsp3) is 0.636. The molecule has 0 aliphatic carbocycles. The zero-order valence-electron chi connectivity index (χ0n) is 9.17. The van der Waals surface area contributed by atoms with Crippen LogP contribution < -0.4 is 10.6 Å². The van der Waals surface area contributed by atoms with Crippen molar-refractivity contribution in [2.75, 3.05) is 24.6 Å². The minimum absolute atomic E-state index is 0.707. The van der Waals surface area contributed by atoms with E-state index in [9.17, 15) is 0 Å². The molecule has 0 bridgehead atoms. The van der Waals surface area contributed by atoms with Gasteiger partial charge in [-0.15, -0.1) is 11.3 Å². The monoisotopic (exact) mass is 320 g/mol. The first-order chi connectivity index (χ1) is 7.86. The fourth-order valence-corrected chi connectivity index (χ4v) is 4.19. The van der Waals surface area contributed by atoms with E-state index in [2.05, 4.69) is 49.8 Å². The van der Waals surface area contributed by atoms with Gasteiger partial charge in [-0.25, -0.2) is 0 Å². The molecule has 1 aliphatic heterocycles. The Morgan fingerprint density at radius 3 is 3.19 bits per heavy atom. The molecule has 1 atom stereocenters. The SMILES string of the molecule is Brc1ccsc1CNCCC1CSCCN1. The molecule has 16 heavy (non-hydrogen) atoms. The normalized spacial score (nSPS) is 21.2. The summed E-state index contributed by atoms with van der Waals surface area (Å²) in [6.07, 6.45) is 1.23. The van der Waals surface area contributed by atoms with Gasteiger partial charge >= 0.3 is 0 Å². The maximum atomic E-state index is 3.56. The van der Waals surface area contributed by atoms with Crippen LogP contribution in [0.5, 0.6) is 0 Å². The number of thiophene rings is 1. The highest BCUT2D eigenvalue weighted by atomic mass is 79.9. The lowest BCUT2D eigenvalue weighted by Crippen LogP contribution is -2.39. The third-order valence-corrected chi connectivity index (χ3v) is 5.70. The highest BCUT2D eigenvalue weighted by Gasteiger charge is 2.11. The van der Waals surface area contributed by atoms with E-state index in [0.29, 0.717) is 6.04 Å². The minimum Gasteiger partial charge on any atom is -0.312 e. The minimum atomic E-state index is 0.707. The van der Waals surface area contributed by atoms with Crippen molar-refractivity contribution >= 4 is 39.0 Å². The van der Waals surface area contributed by atoms with E-state index in [-0.39, 0.29) is 0 Å². The van der Waals surface area contributed by atoms with Crippen molar-refractivity contribution < 1.29 is 0 Å². The smallest absolute Gasteiger partial charge is 0.0327 e. The molecule has 0 radical (unpaired) electrons. The van der Waals surface area contributed by atoms with Gasteiger partial charge in [-0.1, -0.05) is 0 Å². The van der Waals surface area contributed by atoms with Crippen molar-refractivity contribution in [1.82, 2.24) is 10.6 Å². The Hall–Kier alpha value is 0.450. The Bertz CT molecular complexity index is 311. The Morgan fingerprint density at radius 1 is 1.56 bits per heavy atom. The summed E-state index contributed by atoms with van der Waals surface area (Å²) in [5.41, 5.74) is 0. The molecule has 0 saturated carbocycles. The first kappa shape index (κ1) is 12.9. The van der Waals surface area contributed by atoms with Gasteiger partial charge in [0, 0.05) is 40.0 Å². The summed E-state index contributed by atoms with van der Waals surface area (Å²) in [5.74, 6) is 2.54. The third kappa shape index (κ3) is 4.04. The summed E-state index contributed by atoms with van der Waals surface area (Å²) in [6, 6.07) is 2.82. The van der Waals surface area contributed by atoms with E-state index in [4.69, 9.17) is 0 Å². The van der Waals surface area contributed by atoms with Gasteiger partial charge < -0.3 is 10.6 Å². The van der Waals surface area contributed by atoms with Gasteiger partial charge in [0.25, 0.3) is 0 Å². The predicted octanol–water partition coefficient (Wildman–Crippen LogP) is 2.70. The molecule has 0 aromatic carbocycles. The summed E-state index contributed by atoms with van der Waals surface area (Å²) in [5, 5.41) is 9.19. The lowest BCUT2D eigenvalue weighted by Gasteiger charge is -2.23. The van der Waals surface area contributed by atoms with E-state index in [0.717, 1.165) is 13.1 Å². The maximum absolute atomic E-state index is 3.56. The van der Waals surface area contributed by atoms with Crippen LogP contribution in [0.2, 0.25) is 0 Å². The van der Waals surface area contributed by atoms with Crippen LogP contribution in [-0.2, 0) is 6.54 Å². The standard InChI is InChI=1S/C11H17BrN2S2/c12-10-2-5-16-11(10)7-13-3-1-9-8-15-6-4-14-9/h2,5,9,13-14H,1,3-4,6-8H2. The zero-order valence-corrected chi connectivity index (χ0v) is 12.4. The molecule has 1 aromatic heterocycles. The second-order valence-electron chi connectivity index (χ2n) is 3.88. The van der Waals surface area contributed by atoms with Crippen molar-refractivity contribution in [3.63, 3.8) is 0 Å². The van der Waals surface area contributed by atoms with Crippen molar-refractivity contribution in [3.05, 3.63) is 20.8 Å². The van der Waals surface area contributed by atoms with Crippen molar-refractivity contribution in [3.8, 4) is 0 Å². The average molecular weight is 321 g/mol. The number of hydrogen-bond acceptors (Lipinski definition) is 4. The Kier molecular flexibility index (Phi) is 5.65. The Morgan fingerprint density at radius 2 is 2.50 bits per heavy atom. The van der Waals surface area contributed by atoms with Crippen LogP contribution in [0.3, 0.4) is 0 Å². The van der Waals surface area contributed by atoms with E-state index >= 15 is 0 Å². The molecule has 1 saturated heterocycles. The predicted molar refractivity (Wildman–Crippen MR) is 77.5 cm³/mol. The Labute approximate surface area is 114 Å². The van der Waals surface area contributed by atoms with Gasteiger partial charge in [0.15, 0.2) is 0 Å². The first-order valence-electron chi connectivity index (χ1n) is 5.60. The summed E-state index contributed by atoms with van der Waals surface area (Å²) < 4.78 is 1.23. The lowest BCUT2D eigenvalue weighted by molar-refractivity contribution is 0.504. The number of hydrogen-bond donors (Lipinski definition) is 2. The van der Waals surface area contributed by atoms with Crippen LogP contribution in [0.15, 0.2) is 15.9 Å². The molecule has 1 aliphatic rings. The summed E-state index contributed by atoms with van der Waals surface area (Å²) in [4.78, 5) is 1.39. The summed E-state index contributed by atoms with van der Waals surface area (Å²) in [6.45, 7) is 3.26. The summed E-state index contributed by atoms with van der Waals surface area (Å²) >= 11 is 7.42. The number of nitrogens with one attached hydrogen (secondary N) is 2. The van der Waals surface area contributed by atoms with Crippen molar-refractivity contribution in [2.24, 2.45) is 0 Å². The third-order valence-electron chi connectivity index (χ3n) is 2.64. The van der Waals surface area contributed by atoms with Crippen LogP contribution in [0.25, 0.3) is 0 Å². The van der Waals surface area contributed by atoms with Gasteiger partial charge in [-0.3, -0.25) is 0 Å². The largest absolute Gasteiger partial charge is 0.312 e. The number of rotatable bonds is 5. The lowest BCUT2D eigenvalue weighted by atomic mass is 10.2. The maximum Gasteiger partial charge on any atom is 0.0327 e. The van der Waals surface area contributed by atoms with Crippen molar-refractivity contribution in [1.29, 1.82) is 0 Å². The topological polar surface area (TPSA) is 24.1 Å². The molecule has 5 heteroatoms. The van der Waals surface area contributed by atoms with Crippen LogP contribution in [0, 0.1) is 0 Å². The quantitative estimate of drug-likeness (QED) is 0.816. The van der Waals surface area contributed by atoms with Crippen LogP contribution >= 0.6 is 39.0 Å². The molecule has 2 N–H and O–H groups in total. The van der Waals surface area contributed by atoms with Gasteiger partial charge in [0.05, 0.1) is 0 Å².